The van der Waals surface area contributed by atoms with Gasteiger partial charge >= 0.3 is 0 Å². The van der Waals surface area contributed by atoms with Crippen LogP contribution in [0.4, 0.5) is 0 Å². The highest BCUT2D eigenvalue weighted by Crippen LogP contribution is 2.15. The van der Waals surface area contributed by atoms with E-state index in [0.29, 0.717) is 50.7 Å². The van der Waals surface area contributed by atoms with Gasteiger partial charge in [-0.15, -0.1) is 11.6 Å². The molecule has 5 nitrogen and oxygen atoms in total. The van der Waals surface area contributed by atoms with Gasteiger partial charge in [-0.05, 0) is 31.2 Å². The third kappa shape index (κ3) is 4.13. The molecule has 0 saturated carbocycles. The van der Waals surface area contributed by atoms with Gasteiger partial charge in [0.1, 0.15) is 5.75 Å². The van der Waals surface area contributed by atoms with Crippen LogP contribution in [0, 0.1) is 0 Å². The van der Waals surface area contributed by atoms with E-state index in [1.165, 1.54) is 0 Å². The SMILES string of the molecule is CCOc1ccc(C(=O)N2CCN(C(=O)CCCl)CC2)cc1. The Morgan fingerprint density at radius 1 is 1.09 bits per heavy atom. The molecule has 1 saturated heterocycles. The molecule has 0 aliphatic carbocycles. The van der Waals surface area contributed by atoms with Gasteiger partial charge < -0.3 is 14.5 Å². The molecule has 0 radical (unpaired) electrons. The van der Waals surface area contributed by atoms with Crippen molar-refractivity contribution in [1.29, 1.82) is 0 Å². The molecule has 0 unspecified atom stereocenters. The molecule has 120 valence electrons. The molecule has 1 aromatic rings. The van der Waals surface area contributed by atoms with Crippen LogP contribution in [0.5, 0.6) is 5.75 Å². The number of nitrogens with zero attached hydrogens (tertiary/aromatic N) is 2. The van der Waals surface area contributed by atoms with Crippen molar-refractivity contribution in [3.05, 3.63) is 29.8 Å². The highest BCUT2D eigenvalue weighted by Gasteiger charge is 2.24. The molecule has 0 spiro atoms. The lowest BCUT2D eigenvalue weighted by Crippen LogP contribution is -2.50. The largest absolute Gasteiger partial charge is 0.494 e. The number of amides is 2. The monoisotopic (exact) mass is 324 g/mol. The molecule has 2 amide bonds. The first kappa shape index (κ1) is 16.6. The van der Waals surface area contributed by atoms with Crippen LogP contribution in [0.25, 0.3) is 0 Å². The van der Waals surface area contributed by atoms with E-state index < -0.39 is 0 Å². The van der Waals surface area contributed by atoms with Gasteiger partial charge in [0.25, 0.3) is 5.91 Å². The summed E-state index contributed by atoms with van der Waals surface area (Å²) in [6.45, 7) is 4.77. The minimum absolute atomic E-state index is 0.00695. The normalized spacial score (nSPS) is 14.8. The Bertz CT molecular complexity index is 511. The second-order valence-electron chi connectivity index (χ2n) is 5.07. The van der Waals surface area contributed by atoms with E-state index in [1.54, 1.807) is 34.1 Å². The molecule has 0 bridgehead atoms. The molecule has 6 heteroatoms. The number of halogens is 1. The standard InChI is InChI=1S/C16H21ClN2O3/c1-2-22-14-5-3-13(4-6-14)16(21)19-11-9-18(10-12-19)15(20)7-8-17/h3-6H,2,7-12H2,1H3. The average molecular weight is 325 g/mol. The van der Waals surface area contributed by atoms with Crippen LogP contribution in [0.15, 0.2) is 24.3 Å². The van der Waals surface area contributed by atoms with Crippen molar-refractivity contribution in [1.82, 2.24) is 9.80 Å². The number of ether oxygens (including phenoxy) is 1. The molecule has 2 rings (SSSR count). The number of hydrogen-bond acceptors (Lipinski definition) is 3. The second kappa shape index (κ2) is 8.03. The first-order valence-electron chi connectivity index (χ1n) is 7.51. The number of carbonyl (C=O) groups excluding carboxylic acids is 2. The Hall–Kier alpha value is -1.75. The summed E-state index contributed by atoms with van der Waals surface area (Å²) in [5.41, 5.74) is 0.643. The van der Waals surface area contributed by atoms with Gasteiger partial charge in [0.15, 0.2) is 0 Å². The Morgan fingerprint density at radius 3 is 2.23 bits per heavy atom. The predicted octanol–water partition coefficient (Wildman–Crippen LogP) is 2.00. The maximum atomic E-state index is 12.4. The summed E-state index contributed by atoms with van der Waals surface area (Å²) in [7, 11) is 0. The first-order chi connectivity index (χ1) is 10.7. The minimum atomic E-state index is -0.00695. The second-order valence-corrected chi connectivity index (χ2v) is 5.45. The summed E-state index contributed by atoms with van der Waals surface area (Å²) in [4.78, 5) is 27.7. The van der Waals surface area contributed by atoms with Crippen LogP contribution < -0.4 is 4.74 Å². The fourth-order valence-corrected chi connectivity index (χ4v) is 2.60. The fraction of sp³-hybridized carbons (Fsp3) is 0.500. The van der Waals surface area contributed by atoms with E-state index >= 15 is 0 Å². The topological polar surface area (TPSA) is 49.9 Å². The molecule has 1 fully saturated rings. The van der Waals surface area contributed by atoms with E-state index in [0.717, 1.165) is 5.75 Å². The third-order valence-corrected chi connectivity index (χ3v) is 3.83. The number of hydrogen-bond donors (Lipinski definition) is 0. The van der Waals surface area contributed by atoms with Crippen LogP contribution in [-0.2, 0) is 4.79 Å². The average Bonchev–Trinajstić information content (AvgIpc) is 2.55. The van der Waals surface area contributed by atoms with Crippen molar-refractivity contribution in [2.45, 2.75) is 13.3 Å². The van der Waals surface area contributed by atoms with Gasteiger partial charge in [-0.1, -0.05) is 0 Å². The fourth-order valence-electron chi connectivity index (χ4n) is 2.44. The van der Waals surface area contributed by atoms with Gasteiger partial charge in [0.05, 0.1) is 6.61 Å². The van der Waals surface area contributed by atoms with Crippen LogP contribution in [0.3, 0.4) is 0 Å². The molecule has 0 N–H and O–H groups in total. The van der Waals surface area contributed by atoms with Gasteiger partial charge in [-0.25, -0.2) is 0 Å². The van der Waals surface area contributed by atoms with Gasteiger partial charge in [0, 0.05) is 44.0 Å². The summed E-state index contributed by atoms with van der Waals surface area (Å²) in [6, 6.07) is 7.16. The zero-order valence-electron chi connectivity index (χ0n) is 12.8. The molecule has 0 aromatic heterocycles. The lowest BCUT2D eigenvalue weighted by Gasteiger charge is -2.34. The van der Waals surface area contributed by atoms with Crippen LogP contribution >= 0.6 is 11.6 Å². The molecular formula is C16H21ClN2O3. The quantitative estimate of drug-likeness (QED) is 0.778. The summed E-state index contributed by atoms with van der Waals surface area (Å²) in [5.74, 6) is 1.15. The van der Waals surface area contributed by atoms with E-state index in [2.05, 4.69) is 0 Å². The van der Waals surface area contributed by atoms with Gasteiger partial charge in [0.2, 0.25) is 5.91 Å². The van der Waals surface area contributed by atoms with Crippen molar-refractivity contribution in [3.63, 3.8) is 0 Å². The van der Waals surface area contributed by atoms with Crippen molar-refractivity contribution in [3.8, 4) is 5.75 Å². The Kier molecular flexibility index (Phi) is 6.07. The van der Waals surface area contributed by atoms with E-state index in [1.807, 2.05) is 6.92 Å². The predicted molar refractivity (Wildman–Crippen MR) is 85.4 cm³/mol. The van der Waals surface area contributed by atoms with E-state index in [9.17, 15) is 9.59 Å². The molecule has 22 heavy (non-hydrogen) atoms. The minimum Gasteiger partial charge on any atom is -0.494 e. The molecule has 1 aromatic carbocycles. The van der Waals surface area contributed by atoms with Crippen LogP contribution in [0.1, 0.15) is 23.7 Å². The Balaban J connectivity index is 1.90. The molecular weight excluding hydrogens is 304 g/mol. The lowest BCUT2D eigenvalue weighted by atomic mass is 10.1. The van der Waals surface area contributed by atoms with E-state index in [4.69, 9.17) is 16.3 Å². The van der Waals surface area contributed by atoms with Crippen molar-refractivity contribution < 1.29 is 14.3 Å². The van der Waals surface area contributed by atoms with Gasteiger partial charge in [-0.3, -0.25) is 9.59 Å². The summed E-state index contributed by atoms with van der Waals surface area (Å²) in [6.07, 6.45) is 0.356. The number of rotatable bonds is 5. The van der Waals surface area contributed by atoms with Crippen molar-refractivity contribution >= 4 is 23.4 Å². The number of carbonyl (C=O) groups is 2. The zero-order chi connectivity index (χ0) is 15.9. The third-order valence-electron chi connectivity index (χ3n) is 3.64. The summed E-state index contributed by atoms with van der Waals surface area (Å²) < 4.78 is 5.37. The van der Waals surface area contributed by atoms with Crippen LogP contribution in [-0.4, -0.2) is 60.3 Å². The smallest absolute Gasteiger partial charge is 0.253 e. The molecule has 0 atom stereocenters. The molecule has 1 aliphatic heterocycles. The zero-order valence-corrected chi connectivity index (χ0v) is 13.5. The van der Waals surface area contributed by atoms with Crippen molar-refractivity contribution in [2.75, 3.05) is 38.7 Å². The van der Waals surface area contributed by atoms with Crippen molar-refractivity contribution in [2.24, 2.45) is 0 Å². The summed E-state index contributed by atoms with van der Waals surface area (Å²) >= 11 is 5.59. The number of alkyl halides is 1. The molecule has 1 heterocycles. The maximum Gasteiger partial charge on any atom is 0.253 e. The molecule has 1 aliphatic rings. The first-order valence-corrected chi connectivity index (χ1v) is 8.05. The van der Waals surface area contributed by atoms with Crippen LogP contribution in [0.2, 0.25) is 0 Å². The Labute approximate surface area is 135 Å². The summed E-state index contributed by atoms with van der Waals surface area (Å²) in [5, 5.41) is 0. The number of benzene rings is 1. The van der Waals surface area contributed by atoms with Gasteiger partial charge in [-0.2, -0.15) is 0 Å². The maximum absolute atomic E-state index is 12.4. The number of piperazine rings is 1. The van der Waals surface area contributed by atoms with E-state index in [-0.39, 0.29) is 11.8 Å². The highest BCUT2D eigenvalue weighted by molar-refractivity contribution is 6.18. The Morgan fingerprint density at radius 2 is 1.68 bits per heavy atom. The lowest BCUT2D eigenvalue weighted by molar-refractivity contribution is -0.132. The highest BCUT2D eigenvalue weighted by atomic mass is 35.5.